The maximum atomic E-state index is 11.4. The van der Waals surface area contributed by atoms with E-state index in [1.165, 1.54) is 0 Å². The van der Waals surface area contributed by atoms with Gasteiger partial charge in [0.25, 0.3) is 0 Å². The average Bonchev–Trinajstić information content (AvgIpc) is 2.33. The Hall–Kier alpha value is -0.260. The zero-order valence-electron chi connectivity index (χ0n) is 9.96. The largest absolute Gasteiger partial charge is 0.368 e. The summed E-state index contributed by atoms with van der Waals surface area (Å²) < 4.78 is 5.54. The van der Waals surface area contributed by atoms with Gasteiger partial charge >= 0.3 is 0 Å². The van der Waals surface area contributed by atoms with Crippen LogP contribution < -0.4 is 10.6 Å². The maximum absolute atomic E-state index is 11.4. The van der Waals surface area contributed by atoms with Gasteiger partial charge in [0, 0.05) is 6.54 Å². The second kappa shape index (κ2) is 8.84. The van der Waals surface area contributed by atoms with Crippen molar-refractivity contribution >= 4 is 17.7 Å². The van der Waals surface area contributed by atoms with E-state index in [9.17, 15) is 4.79 Å². The van der Waals surface area contributed by atoms with Gasteiger partial charge in [-0.2, -0.15) is 11.8 Å². The molecule has 1 amide bonds. The molecule has 2 N–H and O–H groups in total. The van der Waals surface area contributed by atoms with E-state index in [1.807, 2.05) is 0 Å². The maximum Gasteiger partial charge on any atom is 0.246 e. The van der Waals surface area contributed by atoms with E-state index in [2.05, 4.69) is 16.9 Å². The molecule has 1 heterocycles. The Labute approximate surface area is 102 Å². The van der Waals surface area contributed by atoms with Crippen LogP contribution >= 0.6 is 11.8 Å². The topological polar surface area (TPSA) is 50.4 Å². The zero-order valence-corrected chi connectivity index (χ0v) is 10.8. The number of thioether (sulfide) groups is 1. The first-order valence-corrected chi connectivity index (χ1v) is 7.30. The van der Waals surface area contributed by atoms with Crippen LogP contribution in [0, 0.1) is 0 Å². The summed E-state index contributed by atoms with van der Waals surface area (Å²) in [6, 6.07) is 0. The molecule has 94 valence electrons. The molecule has 16 heavy (non-hydrogen) atoms. The van der Waals surface area contributed by atoms with E-state index in [1.54, 1.807) is 11.8 Å². The summed E-state index contributed by atoms with van der Waals surface area (Å²) in [6.45, 7) is 2.97. The highest BCUT2D eigenvalue weighted by Gasteiger charge is 2.14. The Morgan fingerprint density at radius 2 is 2.25 bits per heavy atom. The number of hydrogen-bond donors (Lipinski definition) is 2. The molecule has 0 saturated carbocycles. The molecule has 0 spiro atoms. The van der Waals surface area contributed by atoms with Crippen LogP contribution in [0.3, 0.4) is 0 Å². The molecule has 0 aromatic rings. The van der Waals surface area contributed by atoms with E-state index >= 15 is 0 Å². The Balaban J connectivity index is 1.96. The van der Waals surface area contributed by atoms with Crippen molar-refractivity contribution < 1.29 is 9.53 Å². The molecule has 0 aromatic carbocycles. The zero-order chi connectivity index (χ0) is 11.6. The standard InChI is InChI=1S/C11H22N2O2S/c1-16-8-2-5-13-11(14)9-15-10-3-6-12-7-4-10/h10,12H,2-9H2,1H3,(H,13,14). The molecule has 5 heteroatoms. The molecule has 0 aliphatic carbocycles. The normalized spacial score (nSPS) is 17.3. The van der Waals surface area contributed by atoms with Crippen LogP contribution in [0.2, 0.25) is 0 Å². The summed E-state index contributed by atoms with van der Waals surface area (Å²) >= 11 is 1.80. The van der Waals surface area contributed by atoms with E-state index in [4.69, 9.17) is 4.74 Å². The fourth-order valence-corrected chi connectivity index (χ4v) is 2.08. The number of rotatable bonds is 7. The highest BCUT2D eigenvalue weighted by atomic mass is 32.2. The number of carbonyl (C=O) groups is 1. The molecular formula is C11H22N2O2S. The monoisotopic (exact) mass is 246 g/mol. The van der Waals surface area contributed by atoms with Crippen molar-refractivity contribution in [2.24, 2.45) is 0 Å². The van der Waals surface area contributed by atoms with E-state index in [0.717, 1.165) is 44.6 Å². The molecule has 1 aliphatic heterocycles. The first-order chi connectivity index (χ1) is 7.83. The van der Waals surface area contributed by atoms with Gasteiger partial charge in [0.1, 0.15) is 6.61 Å². The van der Waals surface area contributed by atoms with Crippen LogP contribution in [0.15, 0.2) is 0 Å². The molecule has 0 bridgehead atoms. The van der Waals surface area contributed by atoms with Crippen molar-refractivity contribution in [3.8, 4) is 0 Å². The predicted octanol–water partition coefficient (Wildman–Crippen LogP) is 0.624. The van der Waals surface area contributed by atoms with Crippen molar-refractivity contribution in [2.75, 3.05) is 38.2 Å². The Morgan fingerprint density at radius 3 is 2.94 bits per heavy atom. The third-order valence-electron chi connectivity index (χ3n) is 2.58. The summed E-state index contributed by atoms with van der Waals surface area (Å²) in [6.07, 6.45) is 5.39. The van der Waals surface area contributed by atoms with Gasteiger partial charge in [-0.05, 0) is 44.4 Å². The highest BCUT2D eigenvalue weighted by molar-refractivity contribution is 7.98. The van der Waals surface area contributed by atoms with E-state index in [0.29, 0.717) is 0 Å². The first kappa shape index (κ1) is 13.8. The van der Waals surface area contributed by atoms with Gasteiger partial charge in [0.15, 0.2) is 0 Å². The lowest BCUT2D eigenvalue weighted by Gasteiger charge is -2.22. The second-order valence-corrected chi connectivity index (χ2v) is 4.94. The molecule has 1 saturated heterocycles. The Kier molecular flexibility index (Phi) is 7.63. The minimum absolute atomic E-state index is 0.0136. The third-order valence-corrected chi connectivity index (χ3v) is 3.28. The van der Waals surface area contributed by atoms with Crippen molar-refractivity contribution in [1.29, 1.82) is 0 Å². The van der Waals surface area contributed by atoms with Gasteiger partial charge < -0.3 is 15.4 Å². The van der Waals surface area contributed by atoms with Gasteiger partial charge in [-0.25, -0.2) is 0 Å². The van der Waals surface area contributed by atoms with Crippen LogP contribution in [0.1, 0.15) is 19.3 Å². The number of hydrogen-bond acceptors (Lipinski definition) is 4. The van der Waals surface area contributed by atoms with Crippen molar-refractivity contribution in [3.05, 3.63) is 0 Å². The lowest BCUT2D eigenvalue weighted by atomic mass is 10.1. The van der Waals surface area contributed by atoms with Gasteiger partial charge in [-0.15, -0.1) is 0 Å². The predicted molar refractivity (Wildman–Crippen MR) is 67.9 cm³/mol. The number of carbonyl (C=O) groups excluding carboxylic acids is 1. The fourth-order valence-electron chi connectivity index (χ4n) is 1.65. The molecule has 0 unspecified atom stereocenters. The molecule has 4 nitrogen and oxygen atoms in total. The quantitative estimate of drug-likeness (QED) is 0.647. The number of ether oxygens (including phenoxy) is 1. The van der Waals surface area contributed by atoms with Crippen LogP contribution in [0.5, 0.6) is 0 Å². The average molecular weight is 246 g/mol. The van der Waals surface area contributed by atoms with Crippen LogP contribution in [0.25, 0.3) is 0 Å². The highest BCUT2D eigenvalue weighted by Crippen LogP contribution is 2.06. The van der Waals surface area contributed by atoms with E-state index in [-0.39, 0.29) is 18.6 Å². The second-order valence-electron chi connectivity index (χ2n) is 3.96. The molecule has 0 aromatic heterocycles. The van der Waals surface area contributed by atoms with Crippen LogP contribution in [-0.2, 0) is 9.53 Å². The van der Waals surface area contributed by atoms with Crippen LogP contribution in [-0.4, -0.2) is 50.3 Å². The first-order valence-electron chi connectivity index (χ1n) is 5.91. The summed E-state index contributed by atoms with van der Waals surface area (Å²) in [5.41, 5.74) is 0. The Bertz CT molecular complexity index is 196. The number of piperidine rings is 1. The minimum atomic E-state index is 0.0136. The van der Waals surface area contributed by atoms with Crippen molar-refractivity contribution in [1.82, 2.24) is 10.6 Å². The Morgan fingerprint density at radius 1 is 1.50 bits per heavy atom. The fraction of sp³-hybridized carbons (Fsp3) is 0.909. The van der Waals surface area contributed by atoms with Crippen molar-refractivity contribution in [2.45, 2.75) is 25.4 Å². The van der Waals surface area contributed by atoms with Gasteiger partial charge in [0.05, 0.1) is 6.10 Å². The summed E-state index contributed by atoms with van der Waals surface area (Å²) in [4.78, 5) is 11.4. The lowest BCUT2D eigenvalue weighted by Crippen LogP contribution is -2.36. The third kappa shape index (κ3) is 6.35. The van der Waals surface area contributed by atoms with Crippen molar-refractivity contribution in [3.63, 3.8) is 0 Å². The summed E-state index contributed by atoms with van der Waals surface area (Å²) in [5, 5.41) is 6.13. The summed E-state index contributed by atoms with van der Waals surface area (Å²) in [5.74, 6) is 1.11. The van der Waals surface area contributed by atoms with Gasteiger partial charge in [0.2, 0.25) is 5.91 Å². The molecule has 1 fully saturated rings. The number of amides is 1. The molecule has 0 atom stereocenters. The summed E-state index contributed by atoms with van der Waals surface area (Å²) in [7, 11) is 0. The molecule has 1 rings (SSSR count). The molecule has 0 radical (unpaired) electrons. The molecule has 1 aliphatic rings. The smallest absolute Gasteiger partial charge is 0.246 e. The number of nitrogens with one attached hydrogen (secondary N) is 2. The van der Waals surface area contributed by atoms with E-state index < -0.39 is 0 Å². The van der Waals surface area contributed by atoms with Gasteiger partial charge in [-0.3, -0.25) is 4.79 Å². The lowest BCUT2D eigenvalue weighted by molar-refractivity contribution is -0.128. The SMILES string of the molecule is CSCCCNC(=O)COC1CCNCC1. The molecular weight excluding hydrogens is 224 g/mol. The van der Waals surface area contributed by atoms with Gasteiger partial charge in [-0.1, -0.05) is 0 Å². The van der Waals surface area contributed by atoms with Crippen LogP contribution in [0.4, 0.5) is 0 Å². The minimum Gasteiger partial charge on any atom is -0.368 e.